The van der Waals surface area contributed by atoms with E-state index in [1.807, 2.05) is 0 Å². The summed E-state index contributed by atoms with van der Waals surface area (Å²) < 4.78 is 0.855. The average Bonchev–Trinajstić information content (AvgIpc) is 3.19. The minimum absolute atomic E-state index is 0.0592. The normalized spacial score (nSPS) is 19.4. The van der Waals surface area contributed by atoms with E-state index >= 15 is 0 Å². The van der Waals surface area contributed by atoms with Gasteiger partial charge in [0.25, 0.3) is 0 Å². The molecule has 0 aromatic carbocycles. The van der Waals surface area contributed by atoms with Gasteiger partial charge in [0.1, 0.15) is 6.54 Å². The van der Waals surface area contributed by atoms with Crippen molar-refractivity contribution in [1.82, 2.24) is 5.32 Å². The molecule has 0 bridgehead atoms. The van der Waals surface area contributed by atoms with Crippen LogP contribution >= 0.6 is 0 Å². The number of quaternary nitrogens is 1. The van der Waals surface area contributed by atoms with Crippen LogP contribution in [0.2, 0.25) is 0 Å². The quantitative estimate of drug-likeness (QED) is 0.117. The van der Waals surface area contributed by atoms with Crippen LogP contribution in [0.25, 0.3) is 0 Å². The Balaban J connectivity index is 2.00. The Kier molecular flexibility index (Phi) is 16.5. The smallest absolute Gasteiger partial charge is 0.221 e. The highest BCUT2D eigenvalue weighted by atomic mass is 16.1. The topological polar surface area (TPSA) is 41.5 Å². The number of amides is 1. The number of carbonyl (C=O) groups is 1. The van der Waals surface area contributed by atoms with Gasteiger partial charge >= 0.3 is 0 Å². The maximum absolute atomic E-state index is 11.5. The molecule has 0 fully saturated rings. The molecule has 1 heterocycles. The first kappa shape index (κ1) is 28.9. The first-order valence-electron chi connectivity index (χ1n) is 13.9. The predicted octanol–water partition coefficient (Wildman–Crippen LogP) is 7.54. The fraction of sp³-hybridized carbons (Fsp3) is 0.857. The zero-order valence-electron chi connectivity index (χ0n) is 22.0. The third kappa shape index (κ3) is 11.6. The maximum atomic E-state index is 11.5. The lowest BCUT2D eigenvalue weighted by Crippen LogP contribution is -2.62. The number of nitrogens with one attached hydrogen (secondary N) is 1. The van der Waals surface area contributed by atoms with Gasteiger partial charge in [-0.25, -0.2) is 4.99 Å². The van der Waals surface area contributed by atoms with E-state index in [1.165, 1.54) is 102 Å². The highest BCUT2D eigenvalue weighted by Crippen LogP contribution is 2.23. The Morgan fingerprint density at radius 2 is 1.44 bits per heavy atom. The van der Waals surface area contributed by atoms with Crippen molar-refractivity contribution < 1.29 is 9.28 Å². The summed E-state index contributed by atoms with van der Waals surface area (Å²) in [6, 6.07) is 0. The number of rotatable bonds is 20. The van der Waals surface area contributed by atoms with Crippen molar-refractivity contribution in [2.24, 2.45) is 4.99 Å². The first-order chi connectivity index (χ1) is 15.6. The molecule has 1 N–H and O–H groups in total. The van der Waals surface area contributed by atoms with E-state index in [-0.39, 0.29) is 12.1 Å². The second-order valence-corrected chi connectivity index (χ2v) is 9.79. The Hall–Kier alpha value is -1.16. The lowest BCUT2D eigenvalue weighted by atomic mass is 10.0. The van der Waals surface area contributed by atoms with Crippen molar-refractivity contribution in [2.75, 3.05) is 19.6 Å². The molecule has 1 aliphatic rings. The molecular formula is C28H54N3O+. The number of likely N-dealkylation sites (N-methyl/N-ethyl adjacent to an activating group) is 1. The third-order valence-electron chi connectivity index (χ3n) is 7.19. The zero-order chi connectivity index (χ0) is 23.5. The minimum atomic E-state index is 0.0592. The molecule has 1 amide bonds. The molecule has 0 radical (unpaired) electrons. The highest BCUT2D eigenvalue weighted by Gasteiger charge is 2.41. The summed E-state index contributed by atoms with van der Waals surface area (Å²) in [7, 11) is 0. The van der Waals surface area contributed by atoms with Gasteiger partial charge < -0.3 is 5.32 Å². The fourth-order valence-electron chi connectivity index (χ4n) is 5.09. The third-order valence-corrected chi connectivity index (χ3v) is 7.19. The lowest BCUT2D eigenvalue weighted by molar-refractivity contribution is -0.861. The second kappa shape index (κ2) is 18.3. The van der Waals surface area contributed by atoms with Crippen LogP contribution < -0.4 is 5.32 Å². The van der Waals surface area contributed by atoms with Crippen molar-refractivity contribution in [1.29, 1.82) is 0 Å². The molecule has 0 saturated carbocycles. The SMILES string of the molecule is CCCCCC/C=C/CCCCCCCCCCCC1=NCC[N+]1(CC)C(C)NC(C)=O. The molecule has 0 aliphatic carbocycles. The Morgan fingerprint density at radius 3 is 1.97 bits per heavy atom. The van der Waals surface area contributed by atoms with Crippen molar-refractivity contribution >= 4 is 11.7 Å². The van der Waals surface area contributed by atoms with E-state index in [1.54, 1.807) is 6.92 Å². The summed E-state index contributed by atoms with van der Waals surface area (Å²) in [4.78, 5) is 16.4. The molecule has 2 atom stereocenters. The standard InChI is InChI=1S/C28H53N3O/c1-5-7-8-9-10-11-12-13-14-15-16-17-18-19-20-21-22-23-28-29-24-25-31(28,6-2)26(3)30-27(4)32/h11-12,26H,5-10,13-25H2,1-4H3/p+1/b12-11+. The minimum Gasteiger partial charge on any atom is -0.307 e. The number of allylic oxidation sites excluding steroid dienone is 2. The monoisotopic (exact) mass is 448 g/mol. The zero-order valence-corrected chi connectivity index (χ0v) is 22.0. The van der Waals surface area contributed by atoms with Crippen LogP contribution in [0, 0.1) is 0 Å². The van der Waals surface area contributed by atoms with E-state index in [4.69, 9.17) is 4.99 Å². The average molecular weight is 449 g/mol. The highest BCUT2D eigenvalue weighted by molar-refractivity contribution is 5.78. The van der Waals surface area contributed by atoms with Gasteiger partial charge in [0, 0.05) is 20.3 Å². The molecule has 0 aromatic rings. The van der Waals surface area contributed by atoms with Crippen molar-refractivity contribution in [2.45, 2.75) is 137 Å². The van der Waals surface area contributed by atoms with Gasteiger partial charge in [-0.2, -0.15) is 0 Å². The summed E-state index contributed by atoms with van der Waals surface area (Å²) >= 11 is 0. The molecule has 1 aliphatic heterocycles. The van der Waals surface area contributed by atoms with Crippen LogP contribution in [0.3, 0.4) is 0 Å². The molecular weight excluding hydrogens is 394 g/mol. The van der Waals surface area contributed by atoms with Crippen molar-refractivity contribution in [3.8, 4) is 0 Å². The predicted molar refractivity (Wildman–Crippen MR) is 140 cm³/mol. The fourth-order valence-corrected chi connectivity index (χ4v) is 5.09. The number of unbranched alkanes of at least 4 members (excludes halogenated alkanes) is 13. The molecule has 0 aromatic heterocycles. The Bertz CT molecular complexity index is 543. The summed E-state index contributed by atoms with van der Waals surface area (Å²) in [6.07, 6.45) is 26.3. The van der Waals surface area contributed by atoms with E-state index in [0.717, 1.165) is 30.5 Å². The maximum Gasteiger partial charge on any atom is 0.221 e. The van der Waals surface area contributed by atoms with Gasteiger partial charge in [-0.05, 0) is 39.0 Å². The number of carbonyl (C=O) groups excluding carboxylic acids is 1. The lowest BCUT2D eigenvalue weighted by Gasteiger charge is -2.39. The summed E-state index contributed by atoms with van der Waals surface area (Å²) in [6.45, 7) is 11.2. The first-order valence-corrected chi connectivity index (χ1v) is 13.9. The van der Waals surface area contributed by atoms with E-state index in [0.29, 0.717) is 0 Å². The van der Waals surface area contributed by atoms with Crippen LogP contribution in [0.1, 0.15) is 130 Å². The number of aliphatic imine (C=N–C) groups is 1. The molecule has 1 rings (SSSR count). The molecule has 4 heteroatoms. The van der Waals surface area contributed by atoms with Gasteiger partial charge in [-0.1, -0.05) is 83.3 Å². The number of hydrogen-bond acceptors (Lipinski definition) is 2. The Labute approximate surface area is 199 Å². The molecule has 32 heavy (non-hydrogen) atoms. The van der Waals surface area contributed by atoms with Crippen LogP contribution in [0.5, 0.6) is 0 Å². The summed E-state index contributed by atoms with van der Waals surface area (Å²) in [5.41, 5.74) is 0. The summed E-state index contributed by atoms with van der Waals surface area (Å²) in [5.74, 6) is 1.37. The molecule has 0 saturated heterocycles. The second-order valence-electron chi connectivity index (χ2n) is 9.79. The van der Waals surface area contributed by atoms with E-state index in [9.17, 15) is 4.79 Å². The largest absolute Gasteiger partial charge is 0.307 e. The van der Waals surface area contributed by atoms with E-state index < -0.39 is 0 Å². The molecule has 0 spiro atoms. The molecule has 186 valence electrons. The van der Waals surface area contributed by atoms with E-state index in [2.05, 4.69) is 38.2 Å². The number of amidine groups is 1. The van der Waals surface area contributed by atoms with Crippen molar-refractivity contribution in [3.63, 3.8) is 0 Å². The van der Waals surface area contributed by atoms with Crippen LogP contribution in [-0.2, 0) is 4.79 Å². The summed E-state index contributed by atoms with van der Waals surface area (Å²) in [5, 5.41) is 3.11. The van der Waals surface area contributed by atoms with Gasteiger partial charge in [0.05, 0.1) is 13.1 Å². The number of nitrogens with zero attached hydrogens (tertiary/aromatic N) is 2. The van der Waals surface area contributed by atoms with Crippen LogP contribution in [-0.4, -0.2) is 42.0 Å². The Morgan fingerprint density at radius 1 is 0.906 bits per heavy atom. The van der Waals surface area contributed by atoms with Crippen LogP contribution in [0.4, 0.5) is 0 Å². The molecule has 2 unspecified atom stereocenters. The van der Waals surface area contributed by atoms with Crippen molar-refractivity contribution in [3.05, 3.63) is 12.2 Å². The van der Waals surface area contributed by atoms with Gasteiger partial charge in [0.2, 0.25) is 5.91 Å². The van der Waals surface area contributed by atoms with Gasteiger partial charge in [0.15, 0.2) is 12.0 Å². The number of hydrogen-bond donors (Lipinski definition) is 1. The molecule has 4 nitrogen and oxygen atoms in total. The van der Waals surface area contributed by atoms with Gasteiger partial charge in [-0.15, -0.1) is 0 Å². The van der Waals surface area contributed by atoms with Crippen LogP contribution in [0.15, 0.2) is 17.1 Å². The van der Waals surface area contributed by atoms with Gasteiger partial charge in [-0.3, -0.25) is 9.28 Å².